The van der Waals surface area contributed by atoms with Gasteiger partial charge in [-0.25, -0.2) is 0 Å². The van der Waals surface area contributed by atoms with E-state index < -0.39 is 5.54 Å². The van der Waals surface area contributed by atoms with Gasteiger partial charge < -0.3 is 24.3 Å². The number of cyclic esters (lactones) is 1. The van der Waals surface area contributed by atoms with Crippen LogP contribution in [0.5, 0.6) is 5.75 Å². The Labute approximate surface area is 228 Å². The molecule has 1 aliphatic heterocycles. The minimum absolute atomic E-state index is 0.178. The molecular weight excluding hydrogens is 474 g/mol. The first-order chi connectivity index (χ1) is 18.5. The smallest absolute Gasteiger partial charge is 0.308 e. The van der Waals surface area contributed by atoms with E-state index in [1.165, 1.54) is 11.2 Å². The van der Waals surface area contributed by atoms with E-state index in [-0.39, 0.29) is 12.4 Å². The zero-order valence-electron chi connectivity index (χ0n) is 23.9. The molecule has 0 amide bonds. The standard InChI is InChI=1S/C32H45N3O3/c1-6-34(7-2)25-18-19-27(29(22-25)37-9-4)32(23-30(36)38-21-15-11-10-14-20-33-32)31-24(5)35(8-3)28-17-13-12-16-26(28)31/h12-13,16-19,22,33H,6-11,14-15,20-21,23H2,1-5H3. The molecule has 38 heavy (non-hydrogen) atoms. The molecule has 4 rings (SSSR count). The topological polar surface area (TPSA) is 55.7 Å². The number of aromatic nitrogens is 1. The van der Waals surface area contributed by atoms with Gasteiger partial charge in [0.15, 0.2) is 0 Å². The van der Waals surface area contributed by atoms with Crippen LogP contribution in [0.3, 0.4) is 0 Å². The molecule has 1 aromatic heterocycles. The molecule has 1 unspecified atom stereocenters. The molecule has 6 heteroatoms. The predicted molar refractivity (Wildman–Crippen MR) is 156 cm³/mol. The van der Waals surface area contributed by atoms with E-state index >= 15 is 0 Å². The summed E-state index contributed by atoms with van der Waals surface area (Å²) < 4.78 is 14.5. The van der Waals surface area contributed by atoms with Gasteiger partial charge in [0.25, 0.3) is 0 Å². The molecule has 1 saturated heterocycles. The quantitative estimate of drug-likeness (QED) is 0.342. The first-order valence-corrected chi connectivity index (χ1v) is 14.5. The highest BCUT2D eigenvalue weighted by molar-refractivity contribution is 5.89. The Morgan fingerprint density at radius 1 is 1.03 bits per heavy atom. The number of carbonyl (C=O) groups is 1. The van der Waals surface area contributed by atoms with Gasteiger partial charge in [-0.3, -0.25) is 4.79 Å². The van der Waals surface area contributed by atoms with Crippen molar-refractivity contribution in [3.05, 3.63) is 59.3 Å². The molecule has 6 nitrogen and oxygen atoms in total. The van der Waals surface area contributed by atoms with Crippen LogP contribution in [-0.4, -0.2) is 43.4 Å². The molecule has 2 aromatic carbocycles. The number of fused-ring (bicyclic) bond motifs is 1. The lowest BCUT2D eigenvalue weighted by atomic mass is 9.77. The third-order valence-corrected chi connectivity index (χ3v) is 8.00. The average molecular weight is 520 g/mol. The first kappa shape index (κ1) is 28.0. The van der Waals surface area contributed by atoms with Crippen LogP contribution in [0.15, 0.2) is 42.5 Å². The molecular formula is C32H45N3O3. The fourth-order valence-electron chi connectivity index (χ4n) is 6.20. The summed E-state index contributed by atoms with van der Waals surface area (Å²) in [6.07, 6.45) is 4.34. The number of esters is 1. The third-order valence-electron chi connectivity index (χ3n) is 8.00. The van der Waals surface area contributed by atoms with E-state index in [9.17, 15) is 4.79 Å². The lowest BCUT2D eigenvalue weighted by Crippen LogP contribution is -2.46. The van der Waals surface area contributed by atoms with Gasteiger partial charge in [0.2, 0.25) is 0 Å². The van der Waals surface area contributed by atoms with Crippen molar-refractivity contribution in [3.8, 4) is 5.75 Å². The van der Waals surface area contributed by atoms with Gasteiger partial charge in [-0.1, -0.05) is 37.1 Å². The van der Waals surface area contributed by atoms with Crippen LogP contribution in [0.1, 0.15) is 76.6 Å². The maximum absolute atomic E-state index is 13.5. The highest BCUT2D eigenvalue weighted by Crippen LogP contribution is 2.45. The molecule has 1 aliphatic rings. The summed E-state index contributed by atoms with van der Waals surface area (Å²) in [6, 6.07) is 15.1. The van der Waals surface area contributed by atoms with Crippen LogP contribution in [0.2, 0.25) is 0 Å². The highest BCUT2D eigenvalue weighted by Gasteiger charge is 2.43. The lowest BCUT2D eigenvalue weighted by molar-refractivity contribution is -0.145. The molecule has 1 N–H and O–H groups in total. The van der Waals surface area contributed by atoms with Gasteiger partial charge >= 0.3 is 5.97 Å². The summed E-state index contributed by atoms with van der Waals surface area (Å²) in [7, 11) is 0. The largest absolute Gasteiger partial charge is 0.493 e. The Morgan fingerprint density at radius 3 is 2.53 bits per heavy atom. The molecule has 2 heterocycles. The zero-order chi connectivity index (χ0) is 27.1. The van der Waals surface area contributed by atoms with Gasteiger partial charge in [0, 0.05) is 59.1 Å². The van der Waals surface area contributed by atoms with Crippen LogP contribution in [0, 0.1) is 6.92 Å². The average Bonchev–Trinajstić information content (AvgIpc) is 3.19. The van der Waals surface area contributed by atoms with Gasteiger partial charge in [-0.15, -0.1) is 0 Å². The normalized spacial score (nSPS) is 19.1. The van der Waals surface area contributed by atoms with Crippen molar-refractivity contribution in [2.45, 2.75) is 78.8 Å². The van der Waals surface area contributed by atoms with E-state index in [4.69, 9.17) is 9.47 Å². The van der Waals surface area contributed by atoms with Gasteiger partial charge in [-0.2, -0.15) is 0 Å². The van der Waals surface area contributed by atoms with Crippen LogP contribution in [-0.2, 0) is 21.6 Å². The van der Waals surface area contributed by atoms with Gasteiger partial charge in [0.1, 0.15) is 5.75 Å². The van der Waals surface area contributed by atoms with E-state index in [0.29, 0.717) is 13.2 Å². The number of benzene rings is 2. The van der Waals surface area contributed by atoms with Crippen LogP contribution in [0.4, 0.5) is 5.69 Å². The monoisotopic (exact) mass is 519 g/mol. The Kier molecular flexibility index (Phi) is 9.37. The molecule has 0 aliphatic carbocycles. The molecule has 1 atom stereocenters. The van der Waals surface area contributed by atoms with E-state index in [1.54, 1.807) is 0 Å². The number of nitrogens with one attached hydrogen (secondary N) is 1. The number of para-hydroxylation sites is 1. The summed E-state index contributed by atoms with van der Waals surface area (Å²) in [5.41, 5.74) is 4.82. The molecule has 0 saturated carbocycles. The van der Waals surface area contributed by atoms with Crippen LogP contribution in [0.25, 0.3) is 10.9 Å². The maximum atomic E-state index is 13.5. The second-order valence-electron chi connectivity index (χ2n) is 10.2. The van der Waals surface area contributed by atoms with Crippen molar-refractivity contribution in [1.29, 1.82) is 0 Å². The van der Waals surface area contributed by atoms with E-state index in [0.717, 1.165) is 79.8 Å². The Balaban J connectivity index is 2.04. The van der Waals surface area contributed by atoms with Crippen molar-refractivity contribution in [2.24, 2.45) is 0 Å². The van der Waals surface area contributed by atoms with Crippen LogP contribution < -0.4 is 15.0 Å². The number of aryl methyl sites for hydroxylation is 1. The van der Waals surface area contributed by atoms with Crippen molar-refractivity contribution < 1.29 is 14.3 Å². The predicted octanol–water partition coefficient (Wildman–Crippen LogP) is 6.56. The maximum Gasteiger partial charge on any atom is 0.308 e. The Morgan fingerprint density at radius 2 is 1.79 bits per heavy atom. The number of rotatable bonds is 8. The third kappa shape index (κ3) is 5.42. The number of ether oxygens (including phenoxy) is 2. The first-order valence-electron chi connectivity index (χ1n) is 14.5. The number of hydrogen-bond donors (Lipinski definition) is 1. The van der Waals surface area contributed by atoms with Crippen LogP contribution >= 0.6 is 0 Å². The summed E-state index contributed by atoms with van der Waals surface area (Å²) in [5.74, 6) is 0.641. The number of carbonyl (C=O) groups excluding carboxylic acids is 1. The molecule has 0 bridgehead atoms. The van der Waals surface area contributed by atoms with Gasteiger partial charge in [0.05, 0.1) is 25.2 Å². The zero-order valence-corrected chi connectivity index (χ0v) is 23.9. The molecule has 0 radical (unpaired) electrons. The summed E-state index contributed by atoms with van der Waals surface area (Å²) >= 11 is 0. The van der Waals surface area contributed by atoms with E-state index in [1.807, 2.05) is 6.92 Å². The van der Waals surface area contributed by atoms with Crippen molar-refractivity contribution >= 4 is 22.6 Å². The fraction of sp³-hybridized carbons (Fsp3) is 0.531. The number of anilines is 1. The minimum atomic E-state index is -0.794. The molecule has 1 fully saturated rings. The van der Waals surface area contributed by atoms with E-state index in [2.05, 4.69) is 84.9 Å². The van der Waals surface area contributed by atoms with Crippen molar-refractivity contribution in [2.75, 3.05) is 37.7 Å². The Bertz CT molecular complexity index is 1230. The van der Waals surface area contributed by atoms with Gasteiger partial charge in [-0.05, 0) is 66.1 Å². The van der Waals surface area contributed by atoms with Crippen molar-refractivity contribution in [1.82, 2.24) is 9.88 Å². The Hall–Kier alpha value is -2.99. The highest BCUT2D eigenvalue weighted by atomic mass is 16.5. The SMILES string of the molecule is CCOc1cc(N(CC)CC)ccc1C1(c2c(C)n(CC)c3ccccc23)CC(=O)OCCCCCCN1. The second kappa shape index (κ2) is 12.7. The van der Waals surface area contributed by atoms with Crippen molar-refractivity contribution in [3.63, 3.8) is 0 Å². The summed E-state index contributed by atoms with van der Waals surface area (Å²) in [6.45, 7) is 15.2. The second-order valence-corrected chi connectivity index (χ2v) is 10.2. The molecule has 206 valence electrons. The molecule has 3 aromatic rings. The number of nitrogens with zero attached hydrogens (tertiary/aromatic N) is 2. The fourth-order valence-corrected chi connectivity index (χ4v) is 6.20. The minimum Gasteiger partial charge on any atom is -0.493 e. The summed E-state index contributed by atoms with van der Waals surface area (Å²) in [5, 5.41) is 5.10. The summed E-state index contributed by atoms with van der Waals surface area (Å²) in [4.78, 5) is 15.8. The molecule has 0 spiro atoms. The lowest BCUT2D eigenvalue weighted by Gasteiger charge is -2.37. The number of hydrogen-bond acceptors (Lipinski definition) is 5.